The van der Waals surface area contributed by atoms with Crippen LogP contribution in [0.5, 0.6) is 0 Å². The molecule has 9 heteroatoms. The average molecular weight is 617 g/mol. The Morgan fingerprint density at radius 1 is 0.756 bits per heavy atom. The molecule has 1 N–H and O–H groups in total. The lowest BCUT2D eigenvalue weighted by Crippen LogP contribution is -2.19. The molecule has 8 nitrogen and oxygen atoms in total. The summed E-state index contributed by atoms with van der Waals surface area (Å²) < 4.78 is 0. The first-order chi connectivity index (χ1) is 21.7. The van der Waals surface area contributed by atoms with Crippen molar-refractivity contribution in [2.75, 3.05) is 0 Å². The van der Waals surface area contributed by atoms with Crippen LogP contribution in [0.1, 0.15) is 44.3 Å². The molecule has 0 aromatic heterocycles. The molecular formula is C36H28N2O6S. The van der Waals surface area contributed by atoms with Crippen molar-refractivity contribution >= 4 is 34.7 Å². The van der Waals surface area contributed by atoms with Gasteiger partial charge in [0.2, 0.25) is 12.1 Å². The molecule has 0 aliphatic rings. The highest BCUT2D eigenvalue weighted by Crippen LogP contribution is 2.30. The zero-order valence-corrected chi connectivity index (χ0v) is 25.2. The van der Waals surface area contributed by atoms with E-state index >= 15 is 0 Å². The van der Waals surface area contributed by atoms with Gasteiger partial charge in [-0.05, 0) is 66.6 Å². The van der Waals surface area contributed by atoms with E-state index in [9.17, 15) is 24.8 Å². The molecule has 0 spiro atoms. The predicted molar refractivity (Wildman–Crippen MR) is 174 cm³/mol. The highest BCUT2D eigenvalue weighted by molar-refractivity contribution is 7.99. The Balaban J connectivity index is 1.29. The van der Waals surface area contributed by atoms with E-state index in [0.29, 0.717) is 11.1 Å². The number of hydrogen-bond acceptors (Lipinski definition) is 8. The molecule has 224 valence electrons. The lowest BCUT2D eigenvalue weighted by molar-refractivity contribution is -0.385. The van der Waals surface area contributed by atoms with Gasteiger partial charge in [0.1, 0.15) is 0 Å². The second-order valence-corrected chi connectivity index (χ2v) is 11.3. The third-order valence-electron chi connectivity index (χ3n) is 6.99. The van der Waals surface area contributed by atoms with E-state index < -0.39 is 17.0 Å². The first kappa shape index (κ1) is 31.1. The number of Topliss-reactive ketones (excluding diaryl/α,β-unsaturated/α-hetero) is 1. The molecule has 0 saturated carbocycles. The molecule has 45 heavy (non-hydrogen) atoms. The van der Waals surface area contributed by atoms with Gasteiger partial charge in [-0.15, -0.1) is 0 Å². The number of rotatable bonds is 11. The van der Waals surface area contributed by atoms with Crippen LogP contribution in [0.3, 0.4) is 0 Å². The second kappa shape index (κ2) is 13.9. The Labute approximate surface area is 264 Å². The monoisotopic (exact) mass is 616 g/mol. The summed E-state index contributed by atoms with van der Waals surface area (Å²) in [5, 5.41) is 24.9. The van der Waals surface area contributed by atoms with Gasteiger partial charge in [0, 0.05) is 50.6 Å². The molecular weight excluding hydrogens is 588 g/mol. The molecule has 1 unspecified atom stereocenters. The van der Waals surface area contributed by atoms with Gasteiger partial charge in [0.15, 0.2) is 11.5 Å². The van der Waals surface area contributed by atoms with E-state index in [2.05, 4.69) is 5.16 Å². The van der Waals surface area contributed by atoms with Crippen LogP contribution in [0.15, 0.2) is 136 Å². The fraction of sp³-hybridized carbons (Fsp3) is 0.0833. The van der Waals surface area contributed by atoms with Gasteiger partial charge in [-0.2, -0.15) is 0 Å². The van der Waals surface area contributed by atoms with Crippen molar-refractivity contribution in [3.8, 4) is 11.1 Å². The summed E-state index contributed by atoms with van der Waals surface area (Å²) in [7, 11) is 0. The molecule has 0 radical (unpaired) electrons. The minimum Gasteiger partial charge on any atom is -0.363 e. The van der Waals surface area contributed by atoms with Crippen LogP contribution in [-0.2, 0) is 4.84 Å². The molecule has 0 heterocycles. The molecule has 0 amide bonds. The van der Waals surface area contributed by atoms with E-state index in [0.717, 1.165) is 20.9 Å². The smallest absolute Gasteiger partial charge is 0.272 e. The fourth-order valence-corrected chi connectivity index (χ4v) is 5.47. The van der Waals surface area contributed by atoms with Crippen molar-refractivity contribution in [1.82, 2.24) is 0 Å². The molecule has 0 aliphatic carbocycles. The molecule has 0 fully saturated rings. The summed E-state index contributed by atoms with van der Waals surface area (Å²) in [5.74, 6) is -0.583. The number of carbonyl (C=O) groups excluding carboxylic acids is 2. The van der Waals surface area contributed by atoms with Crippen molar-refractivity contribution in [3.05, 3.63) is 159 Å². The molecule has 5 aromatic rings. The van der Waals surface area contributed by atoms with Crippen LogP contribution in [-0.4, -0.2) is 33.6 Å². The highest BCUT2D eigenvalue weighted by Gasteiger charge is 2.24. The summed E-state index contributed by atoms with van der Waals surface area (Å²) in [4.78, 5) is 44.2. The zero-order chi connectivity index (χ0) is 31.9. The summed E-state index contributed by atoms with van der Waals surface area (Å²) in [6.45, 7) is 2.86. The molecule has 0 aliphatic heterocycles. The van der Waals surface area contributed by atoms with Crippen LogP contribution in [0.4, 0.5) is 5.69 Å². The van der Waals surface area contributed by atoms with Crippen molar-refractivity contribution in [1.29, 1.82) is 0 Å². The van der Waals surface area contributed by atoms with Crippen LogP contribution in [0.25, 0.3) is 11.1 Å². The molecule has 5 rings (SSSR count). The van der Waals surface area contributed by atoms with E-state index in [-0.39, 0.29) is 33.9 Å². The number of aliphatic hydroxyl groups excluding tert-OH is 1. The number of aliphatic hydroxyl groups is 1. The van der Waals surface area contributed by atoms with Crippen LogP contribution in [0.2, 0.25) is 0 Å². The predicted octanol–water partition coefficient (Wildman–Crippen LogP) is 7.89. The number of oxime groups is 1. The highest BCUT2D eigenvalue weighted by atomic mass is 32.2. The summed E-state index contributed by atoms with van der Waals surface area (Å²) >= 11 is 1.46. The lowest BCUT2D eigenvalue weighted by Gasteiger charge is -2.11. The topological polar surface area (TPSA) is 119 Å². The van der Waals surface area contributed by atoms with E-state index in [4.69, 9.17) is 4.84 Å². The SMILES string of the molecule is Cc1c(/C(=N/OC(C)O)C(=O)c2ccc(Sc3ccc(C(=O)c4ccc(-c5ccccc5)cc4)cc3)cc2)cccc1[N+](=O)[O-]. The average Bonchev–Trinajstić information content (AvgIpc) is 3.06. The van der Waals surface area contributed by atoms with Crippen LogP contribution < -0.4 is 0 Å². The Bertz CT molecular complexity index is 1870. The standard InChI is InChI=1S/C36H28N2O6S/c1-23-32(9-6-10-33(23)38(42)43)34(37-44-24(2)39)36(41)29-17-21-31(22-18-29)45-30-19-15-28(16-20-30)35(40)27-13-11-26(12-14-27)25-7-4-3-5-8-25/h3-22,24,39H,1-2H3/b37-34-. The third kappa shape index (κ3) is 7.41. The number of nitro groups is 1. The Morgan fingerprint density at radius 2 is 1.29 bits per heavy atom. The Morgan fingerprint density at radius 3 is 1.84 bits per heavy atom. The maximum absolute atomic E-state index is 13.5. The number of nitrogens with zero attached hydrogens (tertiary/aromatic N) is 2. The van der Waals surface area contributed by atoms with Crippen molar-refractivity contribution in [3.63, 3.8) is 0 Å². The number of hydrogen-bond donors (Lipinski definition) is 1. The normalized spacial score (nSPS) is 11.9. The quantitative estimate of drug-likeness (QED) is 0.0527. The Kier molecular flexibility index (Phi) is 9.62. The van der Waals surface area contributed by atoms with Crippen molar-refractivity contribution in [2.24, 2.45) is 5.16 Å². The number of benzene rings is 5. The molecule has 5 aromatic carbocycles. The number of ketones is 2. The fourth-order valence-electron chi connectivity index (χ4n) is 4.65. The number of nitro benzene ring substituents is 1. The molecule has 1 atom stereocenters. The van der Waals surface area contributed by atoms with Crippen molar-refractivity contribution in [2.45, 2.75) is 29.9 Å². The maximum atomic E-state index is 13.5. The van der Waals surface area contributed by atoms with Gasteiger partial charge in [-0.1, -0.05) is 83.6 Å². The van der Waals surface area contributed by atoms with Crippen molar-refractivity contribution < 1.29 is 24.5 Å². The van der Waals surface area contributed by atoms with E-state index in [1.807, 2.05) is 66.7 Å². The molecule has 0 saturated heterocycles. The van der Waals surface area contributed by atoms with Gasteiger partial charge in [0.05, 0.1) is 4.92 Å². The molecule has 0 bridgehead atoms. The summed E-state index contributed by atoms with van der Waals surface area (Å²) in [5.41, 5.74) is 3.77. The van der Waals surface area contributed by atoms with Gasteiger partial charge in [-0.3, -0.25) is 19.7 Å². The minimum atomic E-state index is -1.28. The minimum absolute atomic E-state index is 0.0648. The van der Waals surface area contributed by atoms with Gasteiger partial charge < -0.3 is 9.94 Å². The maximum Gasteiger partial charge on any atom is 0.272 e. The zero-order valence-electron chi connectivity index (χ0n) is 24.4. The number of carbonyl (C=O) groups is 2. The summed E-state index contributed by atoms with van der Waals surface area (Å²) in [6, 6.07) is 36.0. The largest absolute Gasteiger partial charge is 0.363 e. The lowest BCUT2D eigenvalue weighted by atomic mass is 9.96. The van der Waals surface area contributed by atoms with Gasteiger partial charge in [0.25, 0.3) is 5.69 Å². The second-order valence-electron chi connectivity index (χ2n) is 10.1. The first-order valence-corrected chi connectivity index (χ1v) is 14.8. The Hall–Kier alpha value is -5.38. The van der Waals surface area contributed by atoms with Crippen LogP contribution >= 0.6 is 11.8 Å². The third-order valence-corrected chi connectivity index (χ3v) is 8.01. The van der Waals surface area contributed by atoms with E-state index in [1.165, 1.54) is 37.7 Å². The first-order valence-electron chi connectivity index (χ1n) is 14.0. The van der Waals surface area contributed by atoms with Gasteiger partial charge >= 0.3 is 0 Å². The van der Waals surface area contributed by atoms with E-state index in [1.54, 1.807) is 42.5 Å². The van der Waals surface area contributed by atoms with Gasteiger partial charge in [-0.25, -0.2) is 0 Å². The van der Waals surface area contributed by atoms with Crippen LogP contribution in [0, 0.1) is 17.0 Å². The summed E-state index contributed by atoms with van der Waals surface area (Å²) in [6.07, 6.45) is -1.28.